The maximum absolute atomic E-state index is 5.70. The number of aromatic nitrogens is 6. The number of rotatable bonds is 2. The fraction of sp³-hybridized carbons (Fsp3) is 0. The van der Waals surface area contributed by atoms with Crippen LogP contribution in [-0.4, -0.2) is 29.7 Å². The molecule has 2 aromatic heterocycles. The van der Waals surface area contributed by atoms with E-state index in [1.54, 1.807) is 0 Å². The van der Waals surface area contributed by atoms with Gasteiger partial charge in [-0.1, -0.05) is 56.1 Å². The second kappa shape index (κ2) is 8.82. The Hall–Kier alpha value is -2.28. The van der Waals surface area contributed by atoms with E-state index in [9.17, 15) is 0 Å². The molecule has 0 unspecified atom stereocenters. The molecule has 2 aromatic carbocycles. The fourth-order valence-electron chi connectivity index (χ4n) is 2.27. The zero-order valence-corrected chi connectivity index (χ0v) is 18.9. The van der Waals surface area contributed by atoms with Gasteiger partial charge in [0.05, 0.1) is 0 Å². The monoisotopic (exact) mass is 540 g/mol. The molecule has 0 saturated carbocycles. The van der Waals surface area contributed by atoms with Crippen molar-refractivity contribution in [3.05, 3.63) is 67.0 Å². The third-order valence-corrected chi connectivity index (χ3v) is 5.60. The van der Waals surface area contributed by atoms with E-state index in [0.29, 0.717) is 21.2 Å². The molecule has 0 fully saturated rings. The van der Waals surface area contributed by atoms with E-state index < -0.39 is 0 Å². The van der Waals surface area contributed by atoms with Crippen LogP contribution in [0.3, 0.4) is 0 Å². The average molecular weight is 542 g/mol. The van der Waals surface area contributed by atoms with E-state index >= 15 is 0 Å². The van der Waals surface area contributed by atoms with Gasteiger partial charge in [-0.25, -0.2) is 19.5 Å². The highest BCUT2D eigenvalue weighted by Gasteiger charge is 2.09. The van der Waals surface area contributed by atoms with Crippen LogP contribution >= 0.6 is 56.3 Å². The van der Waals surface area contributed by atoms with Crippen molar-refractivity contribution < 1.29 is 0 Å². The van der Waals surface area contributed by atoms with E-state index in [-0.39, 0.29) is 0 Å². The van der Waals surface area contributed by atoms with Crippen LogP contribution in [0.2, 0.25) is 0 Å². The standard InChI is InChI=1S/2C8H7BrN4S/c2*9-6-4-2-1-3-5(6)7-11-12-8(14)13(7)10/h2*1-4H,10H2,(H,12,14). The Labute approximate surface area is 186 Å². The molecule has 4 aromatic rings. The van der Waals surface area contributed by atoms with Gasteiger partial charge in [0.25, 0.3) is 0 Å². The lowest BCUT2D eigenvalue weighted by molar-refractivity contribution is 0.983. The Morgan fingerprint density at radius 2 is 1.07 bits per heavy atom. The summed E-state index contributed by atoms with van der Waals surface area (Å²) in [7, 11) is 0. The largest absolute Gasteiger partial charge is 0.335 e. The number of nitrogens with two attached hydrogens (primary N) is 2. The number of benzene rings is 2. The van der Waals surface area contributed by atoms with Crippen LogP contribution in [0.4, 0.5) is 0 Å². The molecule has 0 saturated heterocycles. The molecule has 0 aliphatic carbocycles. The number of hydrogen-bond donors (Lipinski definition) is 4. The first-order valence-corrected chi connectivity index (χ1v) is 10.1. The van der Waals surface area contributed by atoms with Crippen molar-refractivity contribution in [3.63, 3.8) is 0 Å². The molecule has 144 valence electrons. The molecule has 6 N–H and O–H groups in total. The summed E-state index contributed by atoms with van der Waals surface area (Å²) in [5, 5.41) is 13.3. The number of hydrogen-bond acceptors (Lipinski definition) is 6. The number of H-pyrrole nitrogens is 2. The molecule has 0 amide bonds. The molecule has 0 aliphatic heterocycles. The molecule has 0 bridgehead atoms. The molecule has 0 spiro atoms. The van der Waals surface area contributed by atoms with Gasteiger partial charge in [-0.3, -0.25) is 0 Å². The molecule has 0 aliphatic rings. The predicted octanol–water partition coefficient (Wildman–Crippen LogP) is 4.17. The summed E-state index contributed by atoms with van der Waals surface area (Å²) in [6.07, 6.45) is 0. The van der Waals surface area contributed by atoms with Crippen LogP contribution in [-0.2, 0) is 0 Å². The zero-order valence-electron chi connectivity index (χ0n) is 14.1. The van der Waals surface area contributed by atoms with E-state index in [1.807, 2.05) is 48.5 Å². The van der Waals surface area contributed by atoms with Crippen LogP contribution < -0.4 is 11.7 Å². The minimum Gasteiger partial charge on any atom is -0.335 e. The van der Waals surface area contributed by atoms with Crippen LogP contribution in [0.1, 0.15) is 0 Å². The van der Waals surface area contributed by atoms with Crippen molar-refractivity contribution in [2.24, 2.45) is 0 Å². The molecule has 28 heavy (non-hydrogen) atoms. The second-order valence-electron chi connectivity index (χ2n) is 5.40. The molecular formula is C16H14Br2N8S2. The topological polar surface area (TPSA) is 119 Å². The highest BCUT2D eigenvalue weighted by molar-refractivity contribution is 9.11. The van der Waals surface area contributed by atoms with Gasteiger partial charge in [0, 0.05) is 20.1 Å². The zero-order chi connectivity index (χ0) is 20.3. The van der Waals surface area contributed by atoms with Crippen molar-refractivity contribution in [1.82, 2.24) is 29.7 Å². The summed E-state index contributed by atoms with van der Waals surface area (Å²) in [4.78, 5) is 0. The summed E-state index contributed by atoms with van der Waals surface area (Å²) in [5.74, 6) is 12.6. The van der Waals surface area contributed by atoms with Crippen molar-refractivity contribution in [3.8, 4) is 22.8 Å². The van der Waals surface area contributed by atoms with Gasteiger partial charge in [0.2, 0.25) is 9.54 Å². The lowest BCUT2D eigenvalue weighted by atomic mass is 10.2. The number of nitrogens with zero attached hydrogens (tertiary/aromatic N) is 4. The summed E-state index contributed by atoms with van der Waals surface area (Å²) in [5.41, 5.74) is 1.81. The Balaban J connectivity index is 0.000000161. The molecule has 2 heterocycles. The first kappa shape index (κ1) is 20.5. The van der Waals surface area contributed by atoms with Gasteiger partial charge < -0.3 is 11.7 Å². The van der Waals surface area contributed by atoms with Crippen LogP contribution in [0, 0.1) is 9.54 Å². The van der Waals surface area contributed by atoms with E-state index in [4.69, 9.17) is 36.1 Å². The Morgan fingerprint density at radius 3 is 1.36 bits per heavy atom. The van der Waals surface area contributed by atoms with Crippen molar-refractivity contribution in [2.75, 3.05) is 11.7 Å². The lowest BCUT2D eigenvalue weighted by Gasteiger charge is -2.01. The van der Waals surface area contributed by atoms with Crippen LogP contribution in [0.5, 0.6) is 0 Å². The first-order valence-electron chi connectivity index (χ1n) is 7.75. The highest BCUT2D eigenvalue weighted by Crippen LogP contribution is 2.26. The lowest BCUT2D eigenvalue weighted by Crippen LogP contribution is -2.10. The van der Waals surface area contributed by atoms with Gasteiger partial charge in [0.1, 0.15) is 0 Å². The minimum atomic E-state index is 0.399. The number of halogens is 2. The Bertz CT molecular complexity index is 1130. The molecule has 0 atom stereocenters. The van der Waals surface area contributed by atoms with Gasteiger partial charge in [-0.15, -0.1) is 0 Å². The molecule has 4 rings (SSSR count). The Kier molecular flexibility index (Phi) is 6.44. The van der Waals surface area contributed by atoms with Crippen LogP contribution in [0.15, 0.2) is 57.5 Å². The normalized spacial score (nSPS) is 10.4. The van der Waals surface area contributed by atoms with Gasteiger partial charge in [-0.05, 0) is 48.7 Å². The van der Waals surface area contributed by atoms with Crippen molar-refractivity contribution >= 4 is 56.3 Å². The number of nitrogens with one attached hydrogen (secondary N) is 2. The highest BCUT2D eigenvalue weighted by atomic mass is 79.9. The average Bonchev–Trinajstić information content (AvgIpc) is 3.19. The van der Waals surface area contributed by atoms with Gasteiger partial charge >= 0.3 is 0 Å². The molecule has 12 heteroatoms. The van der Waals surface area contributed by atoms with Gasteiger partial charge in [0.15, 0.2) is 11.6 Å². The maximum atomic E-state index is 5.70. The maximum Gasteiger partial charge on any atom is 0.214 e. The third-order valence-electron chi connectivity index (χ3n) is 3.64. The van der Waals surface area contributed by atoms with Crippen molar-refractivity contribution in [1.29, 1.82) is 0 Å². The fourth-order valence-corrected chi connectivity index (χ4v) is 3.46. The first-order chi connectivity index (χ1) is 13.4. The summed E-state index contributed by atoms with van der Waals surface area (Å²) < 4.78 is 5.35. The van der Waals surface area contributed by atoms with E-state index in [0.717, 1.165) is 20.1 Å². The smallest absolute Gasteiger partial charge is 0.214 e. The van der Waals surface area contributed by atoms with E-state index in [1.165, 1.54) is 9.35 Å². The van der Waals surface area contributed by atoms with Gasteiger partial charge in [-0.2, -0.15) is 10.2 Å². The van der Waals surface area contributed by atoms with Crippen LogP contribution in [0.25, 0.3) is 22.8 Å². The summed E-state index contributed by atoms with van der Waals surface area (Å²) in [6, 6.07) is 15.4. The number of nitrogen functional groups attached to an aromatic ring is 2. The number of aromatic amines is 2. The van der Waals surface area contributed by atoms with Crippen molar-refractivity contribution in [2.45, 2.75) is 0 Å². The SMILES string of the molecule is Nn1c(-c2ccccc2Br)n[nH]c1=S.Nn1c(-c2ccccc2Br)n[nH]c1=S. The molecular weight excluding hydrogens is 528 g/mol. The summed E-state index contributed by atoms with van der Waals surface area (Å²) >= 11 is 16.7. The quantitative estimate of drug-likeness (QED) is 0.223. The second-order valence-corrected chi connectivity index (χ2v) is 7.89. The molecule has 8 nitrogen and oxygen atoms in total. The van der Waals surface area contributed by atoms with E-state index in [2.05, 4.69) is 52.3 Å². The summed E-state index contributed by atoms with van der Waals surface area (Å²) in [6.45, 7) is 0. The predicted molar refractivity (Wildman–Crippen MR) is 121 cm³/mol. The molecule has 0 radical (unpaired) electrons. The Morgan fingerprint density at radius 1 is 0.714 bits per heavy atom. The third kappa shape index (κ3) is 4.24. The minimum absolute atomic E-state index is 0.399.